The fourth-order valence-electron chi connectivity index (χ4n) is 4.63. The van der Waals surface area contributed by atoms with Crippen LogP contribution in [0.3, 0.4) is 0 Å². The van der Waals surface area contributed by atoms with Crippen LogP contribution in [0.25, 0.3) is 0 Å². The maximum absolute atomic E-state index is 12.5. The minimum absolute atomic E-state index is 0.00829. The van der Waals surface area contributed by atoms with Crippen LogP contribution < -0.4 is 5.32 Å². The Labute approximate surface area is 175 Å². The number of hydrogen-bond acceptors (Lipinski definition) is 4. The number of hydrogen-bond donors (Lipinski definition) is 1. The van der Waals surface area contributed by atoms with E-state index >= 15 is 0 Å². The predicted octanol–water partition coefficient (Wildman–Crippen LogP) is 2.82. The summed E-state index contributed by atoms with van der Waals surface area (Å²) in [6, 6.07) is 8.19. The van der Waals surface area contributed by atoms with Crippen LogP contribution in [0.4, 0.5) is 5.69 Å². The molecule has 0 bridgehead atoms. The summed E-state index contributed by atoms with van der Waals surface area (Å²) in [6.45, 7) is 5.59. The van der Waals surface area contributed by atoms with E-state index in [1.807, 2.05) is 12.1 Å². The maximum Gasteiger partial charge on any atom is 0.227 e. The molecule has 0 aromatic heterocycles. The van der Waals surface area contributed by atoms with Crippen molar-refractivity contribution in [1.82, 2.24) is 9.21 Å². The molecule has 1 aromatic carbocycles. The average Bonchev–Trinajstić information content (AvgIpc) is 2.68. The summed E-state index contributed by atoms with van der Waals surface area (Å²) in [4.78, 5) is 14.9. The van der Waals surface area contributed by atoms with Crippen LogP contribution in [-0.2, 0) is 21.2 Å². The highest BCUT2D eigenvalue weighted by atomic mass is 32.2. The standard InChI is InChI=1S/C22H35N3O3S/c1-17-16-24(2)13-10-19(17)7-4-18-5-8-21(9-6-18)23-22(26)20-11-14-25(15-12-20)29(3,27)28/h5-6,8-9,17,19-20H,4,7,10-16H2,1-3H3,(H,23,26)/t17-,19+/m0/s1. The molecule has 2 saturated heterocycles. The van der Waals surface area contributed by atoms with Crippen molar-refractivity contribution in [3.05, 3.63) is 29.8 Å². The molecule has 2 aliphatic heterocycles. The van der Waals surface area contributed by atoms with E-state index in [4.69, 9.17) is 0 Å². The minimum Gasteiger partial charge on any atom is -0.326 e. The van der Waals surface area contributed by atoms with Crippen LogP contribution in [0, 0.1) is 17.8 Å². The quantitative estimate of drug-likeness (QED) is 0.767. The molecule has 7 heteroatoms. The zero-order valence-electron chi connectivity index (χ0n) is 17.9. The zero-order valence-corrected chi connectivity index (χ0v) is 18.7. The van der Waals surface area contributed by atoms with E-state index in [2.05, 4.69) is 36.3 Å². The van der Waals surface area contributed by atoms with Crippen LogP contribution in [0.2, 0.25) is 0 Å². The summed E-state index contributed by atoms with van der Waals surface area (Å²) in [5, 5.41) is 3.00. The molecule has 29 heavy (non-hydrogen) atoms. The van der Waals surface area contributed by atoms with Crippen molar-refractivity contribution in [3.8, 4) is 0 Å². The summed E-state index contributed by atoms with van der Waals surface area (Å²) in [7, 11) is -0.956. The van der Waals surface area contributed by atoms with Crippen LogP contribution in [0.5, 0.6) is 0 Å². The first-order chi connectivity index (χ1) is 13.7. The lowest BCUT2D eigenvalue weighted by atomic mass is 9.83. The third-order valence-corrected chi connectivity index (χ3v) is 7.91. The van der Waals surface area contributed by atoms with Gasteiger partial charge in [-0.3, -0.25) is 4.79 Å². The van der Waals surface area contributed by atoms with Gasteiger partial charge in [-0.05, 0) is 75.2 Å². The number of likely N-dealkylation sites (tertiary alicyclic amines) is 1. The lowest BCUT2D eigenvalue weighted by Crippen LogP contribution is -2.40. The molecule has 0 aliphatic carbocycles. The maximum atomic E-state index is 12.5. The van der Waals surface area contributed by atoms with E-state index in [9.17, 15) is 13.2 Å². The number of nitrogens with one attached hydrogen (secondary N) is 1. The Bertz CT molecular complexity index is 786. The number of carbonyl (C=O) groups excluding carboxylic acids is 1. The molecule has 0 saturated carbocycles. The molecule has 1 N–H and O–H groups in total. The van der Waals surface area contributed by atoms with Gasteiger partial charge >= 0.3 is 0 Å². The number of amides is 1. The van der Waals surface area contributed by atoms with Gasteiger partial charge in [0, 0.05) is 31.2 Å². The molecule has 3 rings (SSSR count). The highest BCUT2D eigenvalue weighted by Crippen LogP contribution is 2.27. The molecule has 2 heterocycles. The van der Waals surface area contributed by atoms with E-state index < -0.39 is 10.0 Å². The molecule has 162 valence electrons. The monoisotopic (exact) mass is 421 g/mol. The number of carbonyl (C=O) groups is 1. The smallest absolute Gasteiger partial charge is 0.227 e. The van der Waals surface area contributed by atoms with Crippen molar-refractivity contribution in [3.63, 3.8) is 0 Å². The number of anilines is 1. The van der Waals surface area contributed by atoms with Crippen LogP contribution in [0.1, 0.15) is 38.2 Å². The van der Waals surface area contributed by atoms with Crippen molar-refractivity contribution < 1.29 is 13.2 Å². The Morgan fingerprint density at radius 2 is 1.76 bits per heavy atom. The zero-order chi connectivity index (χ0) is 21.0. The first-order valence-corrected chi connectivity index (χ1v) is 12.6. The normalized spacial score (nSPS) is 25.1. The Balaban J connectivity index is 1.45. The summed E-state index contributed by atoms with van der Waals surface area (Å²) in [6.07, 6.45) is 5.96. The Kier molecular flexibility index (Phi) is 7.35. The van der Waals surface area contributed by atoms with Gasteiger partial charge in [0.15, 0.2) is 0 Å². The lowest BCUT2D eigenvalue weighted by Gasteiger charge is -2.34. The number of sulfonamides is 1. The van der Waals surface area contributed by atoms with Gasteiger partial charge in [0.2, 0.25) is 15.9 Å². The summed E-state index contributed by atoms with van der Waals surface area (Å²) < 4.78 is 24.6. The van der Waals surface area contributed by atoms with Gasteiger partial charge in [-0.2, -0.15) is 0 Å². The number of benzene rings is 1. The molecule has 2 fully saturated rings. The molecule has 1 amide bonds. The largest absolute Gasteiger partial charge is 0.326 e. The second-order valence-corrected chi connectivity index (χ2v) is 10.9. The van der Waals surface area contributed by atoms with Gasteiger partial charge in [0.05, 0.1) is 6.26 Å². The lowest BCUT2D eigenvalue weighted by molar-refractivity contribution is -0.120. The van der Waals surface area contributed by atoms with E-state index in [1.165, 1.54) is 42.1 Å². The Morgan fingerprint density at radius 3 is 2.34 bits per heavy atom. The first-order valence-electron chi connectivity index (χ1n) is 10.8. The van der Waals surface area contributed by atoms with Crippen molar-refractivity contribution >= 4 is 21.6 Å². The average molecular weight is 422 g/mol. The molecule has 2 aliphatic rings. The van der Waals surface area contributed by atoms with Crippen molar-refractivity contribution in [2.75, 3.05) is 44.8 Å². The highest BCUT2D eigenvalue weighted by molar-refractivity contribution is 7.88. The summed E-state index contributed by atoms with van der Waals surface area (Å²) in [5.41, 5.74) is 2.13. The van der Waals surface area contributed by atoms with E-state index in [0.717, 1.165) is 23.9 Å². The van der Waals surface area contributed by atoms with Gasteiger partial charge in [-0.1, -0.05) is 19.1 Å². The third-order valence-electron chi connectivity index (χ3n) is 6.61. The van der Waals surface area contributed by atoms with Gasteiger partial charge < -0.3 is 10.2 Å². The first kappa shape index (κ1) is 22.2. The van der Waals surface area contributed by atoms with Crippen molar-refractivity contribution in [2.24, 2.45) is 17.8 Å². The minimum atomic E-state index is -3.16. The summed E-state index contributed by atoms with van der Waals surface area (Å²) in [5.74, 6) is 1.41. The van der Waals surface area contributed by atoms with E-state index in [-0.39, 0.29) is 11.8 Å². The second-order valence-electron chi connectivity index (χ2n) is 8.95. The predicted molar refractivity (Wildman–Crippen MR) is 117 cm³/mol. The Hall–Kier alpha value is -1.44. The molecule has 0 radical (unpaired) electrons. The van der Waals surface area contributed by atoms with Crippen molar-refractivity contribution in [2.45, 2.75) is 39.0 Å². The number of nitrogens with zero attached hydrogens (tertiary/aromatic N) is 2. The third kappa shape index (κ3) is 6.27. The van der Waals surface area contributed by atoms with Crippen LogP contribution >= 0.6 is 0 Å². The van der Waals surface area contributed by atoms with E-state index in [0.29, 0.717) is 25.9 Å². The van der Waals surface area contributed by atoms with Gasteiger partial charge in [0.1, 0.15) is 0 Å². The second kappa shape index (κ2) is 9.58. The fourth-order valence-corrected chi connectivity index (χ4v) is 5.51. The van der Waals surface area contributed by atoms with Gasteiger partial charge in [0.25, 0.3) is 0 Å². The number of aryl methyl sites for hydroxylation is 1. The number of rotatable bonds is 6. The number of piperidine rings is 2. The fraction of sp³-hybridized carbons (Fsp3) is 0.682. The van der Waals surface area contributed by atoms with Gasteiger partial charge in [-0.25, -0.2) is 12.7 Å². The van der Waals surface area contributed by atoms with Gasteiger partial charge in [-0.15, -0.1) is 0 Å². The molecular weight excluding hydrogens is 386 g/mol. The highest BCUT2D eigenvalue weighted by Gasteiger charge is 2.29. The molecule has 6 nitrogen and oxygen atoms in total. The molecule has 2 atom stereocenters. The SMILES string of the molecule is C[C@H]1CN(C)CC[C@H]1CCc1ccc(NC(=O)C2CCN(S(C)(=O)=O)CC2)cc1. The topological polar surface area (TPSA) is 69.7 Å². The summed E-state index contributed by atoms with van der Waals surface area (Å²) >= 11 is 0. The molecular formula is C22H35N3O3S. The molecule has 0 unspecified atom stereocenters. The molecule has 1 aromatic rings. The van der Waals surface area contributed by atoms with E-state index in [1.54, 1.807) is 0 Å². The van der Waals surface area contributed by atoms with Crippen molar-refractivity contribution in [1.29, 1.82) is 0 Å². The van der Waals surface area contributed by atoms with Crippen LogP contribution in [-0.4, -0.2) is 63.0 Å². The van der Waals surface area contributed by atoms with Crippen LogP contribution in [0.15, 0.2) is 24.3 Å². The molecule has 0 spiro atoms. The Morgan fingerprint density at radius 1 is 1.10 bits per heavy atom.